The highest BCUT2D eigenvalue weighted by Gasteiger charge is 2.45. The molecule has 1 aliphatic carbocycles. The summed E-state index contributed by atoms with van der Waals surface area (Å²) in [5.41, 5.74) is 14.3. The van der Waals surface area contributed by atoms with E-state index in [0.717, 1.165) is 11.0 Å². The fraction of sp³-hybridized carbons (Fsp3) is 0.0208. The van der Waals surface area contributed by atoms with Crippen LogP contribution in [0, 0.1) is 0 Å². The van der Waals surface area contributed by atoms with Gasteiger partial charge in [0.25, 0.3) is 0 Å². The van der Waals surface area contributed by atoms with E-state index < -0.39 is 5.41 Å². The number of rotatable bonds is 4. The van der Waals surface area contributed by atoms with Crippen LogP contribution in [0.5, 0.6) is 0 Å². The molecular weight excluding hydrogens is 591 g/mol. The molecular formula is C48H31N. The highest BCUT2D eigenvalue weighted by atomic mass is 14.7. The number of hydrogen-bond acceptors (Lipinski definition) is 1. The Bertz CT molecular complexity index is 2660. The Hall–Kier alpha value is -6.31. The Balaban J connectivity index is 1.15. The second-order valence-corrected chi connectivity index (χ2v) is 13.1. The van der Waals surface area contributed by atoms with E-state index in [1.165, 1.54) is 77.2 Å². The lowest BCUT2D eigenvalue weighted by Crippen LogP contribution is -2.28. The van der Waals surface area contributed by atoms with Gasteiger partial charge in [0.1, 0.15) is 0 Å². The van der Waals surface area contributed by atoms with Crippen LogP contribution in [0.3, 0.4) is 0 Å². The first-order chi connectivity index (χ1) is 24.3. The van der Waals surface area contributed by atoms with Gasteiger partial charge in [0.15, 0.2) is 0 Å². The minimum Gasteiger partial charge on any atom is -0.247 e. The van der Waals surface area contributed by atoms with Crippen LogP contribution in [-0.2, 0) is 5.41 Å². The van der Waals surface area contributed by atoms with Crippen molar-refractivity contribution >= 4 is 32.6 Å². The Morgan fingerprint density at radius 3 is 1.76 bits per heavy atom. The van der Waals surface area contributed by atoms with E-state index in [4.69, 9.17) is 4.98 Å². The molecule has 1 heteroatoms. The molecule has 1 aliphatic rings. The molecule has 1 heterocycles. The SMILES string of the molecule is c1ccc(C2(c3cccc(-c4ccc(-c5c6ccccc6nc6c5ccc5ccccc56)cc4)c3)c3ccccc3-c3ccccc32)cc1. The Morgan fingerprint density at radius 1 is 0.367 bits per heavy atom. The van der Waals surface area contributed by atoms with Crippen molar-refractivity contribution in [3.63, 3.8) is 0 Å². The van der Waals surface area contributed by atoms with Crippen LogP contribution in [0.15, 0.2) is 188 Å². The van der Waals surface area contributed by atoms with Gasteiger partial charge in [0.2, 0.25) is 0 Å². The first-order valence-corrected chi connectivity index (χ1v) is 17.0. The fourth-order valence-corrected chi connectivity index (χ4v) is 8.41. The van der Waals surface area contributed by atoms with E-state index in [9.17, 15) is 0 Å². The zero-order valence-corrected chi connectivity index (χ0v) is 26.8. The summed E-state index contributed by atoms with van der Waals surface area (Å²) in [4.78, 5) is 5.17. The van der Waals surface area contributed by atoms with Crippen molar-refractivity contribution in [3.8, 4) is 33.4 Å². The van der Waals surface area contributed by atoms with Gasteiger partial charge < -0.3 is 0 Å². The third kappa shape index (κ3) is 4.09. The molecule has 1 nitrogen and oxygen atoms in total. The van der Waals surface area contributed by atoms with Crippen LogP contribution in [0.4, 0.5) is 0 Å². The van der Waals surface area contributed by atoms with Crippen molar-refractivity contribution in [2.75, 3.05) is 0 Å². The van der Waals surface area contributed by atoms with Gasteiger partial charge in [0, 0.05) is 21.7 Å². The summed E-state index contributed by atoms with van der Waals surface area (Å²) >= 11 is 0. The lowest BCUT2D eigenvalue weighted by atomic mass is 9.67. The summed E-state index contributed by atoms with van der Waals surface area (Å²) < 4.78 is 0. The van der Waals surface area contributed by atoms with Crippen LogP contribution in [0.25, 0.3) is 66.0 Å². The lowest BCUT2D eigenvalue weighted by molar-refractivity contribution is 0.769. The van der Waals surface area contributed by atoms with E-state index in [2.05, 4.69) is 188 Å². The molecule has 0 radical (unpaired) electrons. The normalized spacial score (nSPS) is 13.1. The van der Waals surface area contributed by atoms with E-state index in [-0.39, 0.29) is 0 Å². The van der Waals surface area contributed by atoms with Gasteiger partial charge in [-0.25, -0.2) is 4.98 Å². The van der Waals surface area contributed by atoms with Crippen LogP contribution >= 0.6 is 0 Å². The van der Waals surface area contributed by atoms with E-state index >= 15 is 0 Å². The molecule has 49 heavy (non-hydrogen) atoms. The molecule has 1 aromatic heterocycles. The summed E-state index contributed by atoms with van der Waals surface area (Å²) in [7, 11) is 0. The number of para-hydroxylation sites is 1. The molecule has 0 spiro atoms. The standard InChI is InChI=1S/C48H31N/c1-2-15-36(16-3-1)48(43-22-9-6-19-39(43)40-20-7-10-23-44(40)48)37-17-12-14-35(31-37)32-25-27-34(28-26-32)46-41-21-8-11-24-45(41)49-47-38-18-5-4-13-33(38)29-30-42(46)47/h1-31H. The average Bonchev–Trinajstić information content (AvgIpc) is 3.48. The van der Waals surface area contributed by atoms with E-state index in [0.29, 0.717) is 0 Å². The molecule has 10 rings (SSSR count). The molecule has 228 valence electrons. The van der Waals surface area contributed by atoms with Gasteiger partial charge in [-0.3, -0.25) is 0 Å². The Labute approximate surface area is 285 Å². The van der Waals surface area contributed by atoms with Gasteiger partial charge >= 0.3 is 0 Å². The zero-order chi connectivity index (χ0) is 32.4. The highest BCUT2D eigenvalue weighted by molar-refractivity contribution is 6.16. The van der Waals surface area contributed by atoms with Gasteiger partial charge in [-0.1, -0.05) is 176 Å². The van der Waals surface area contributed by atoms with Gasteiger partial charge in [-0.05, 0) is 67.6 Å². The summed E-state index contributed by atoms with van der Waals surface area (Å²) in [6, 6.07) is 68.7. The largest absolute Gasteiger partial charge is 0.247 e. The highest BCUT2D eigenvalue weighted by Crippen LogP contribution is 2.56. The third-order valence-electron chi connectivity index (χ3n) is 10.5. The summed E-state index contributed by atoms with van der Waals surface area (Å²) in [5.74, 6) is 0. The molecule has 9 aromatic rings. The van der Waals surface area contributed by atoms with Crippen molar-refractivity contribution < 1.29 is 0 Å². The molecule has 0 saturated heterocycles. The maximum absolute atomic E-state index is 5.17. The molecule has 0 fully saturated rings. The number of pyridine rings is 1. The minimum absolute atomic E-state index is 0.415. The first kappa shape index (κ1) is 27.8. The molecule has 0 saturated carbocycles. The maximum Gasteiger partial charge on any atom is 0.0794 e. The Morgan fingerprint density at radius 2 is 0.980 bits per heavy atom. The Kier molecular flexibility index (Phi) is 6.16. The summed E-state index contributed by atoms with van der Waals surface area (Å²) in [6.07, 6.45) is 0. The van der Waals surface area contributed by atoms with Crippen molar-refractivity contribution in [2.24, 2.45) is 0 Å². The van der Waals surface area contributed by atoms with Crippen LogP contribution < -0.4 is 0 Å². The molecule has 0 amide bonds. The summed E-state index contributed by atoms with van der Waals surface area (Å²) in [5, 5.41) is 4.74. The number of aromatic nitrogens is 1. The smallest absolute Gasteiger partial charge is 0.0794 e. The first-order valence-electron chi connectivity index (χ1n) is 17.0. The monoisotopic (exact) mass is 621 g/mol. The summed E-state index contributed by atoms with van der Waals surface area (Å²) in [6.45, 7) is 0. The van der Waals surface area contributed by atoms with Crippen LogP contribution in [0.2, 0.25) is 0 Å². The minimum atomic E-state index is -0.415. The average molecular weight is 622 g/mol. The predicted molar refractivity (Wildman–Crippen MR) is 205 cm³/mol. The molecule has 8 aromatic carbocycles. The van der Waals surface area contributed by atoms with Gasteiger partial charge in [-0.15, -0.1) is 0 Å². The fourth-order valence-electron chi connectivity index (χ4n) is 8.41. The second kappa shape index (κ2) is 10.9. The molecule has 0 N–H and O–H groups in total. The number of nitrogens with zero attached hydrogens (tertiary/aromatic N) is 1. The van der Waals surface area contributed by atoms with Crippen molar-refractivity contribution in [1.29, 1.82) is 0 Å². The second-order valence-electron chi connectivity index (χ2n) is 13.1. The van der Waals surface area contributed by atoms with Crippen molar-refractivity contribution in [1.82, 2.24) is 4.98 Å². The molecule has 0 unspecified atom stereocenters. The van der Waals surface area contributed by atoms with Crippen molar-refractivity contribution in [2.45, 2.75) is 5.41 Å². The quantitative estimate of drug-likeness (QED) is 0.141. The maximum atomic E-state index is 5.17. The molecule has 0 aliphatic heterocycles. The van der Waals surface area contributed by atoms with E-state index in [1.54, 1.807) is 0 Å². The molecule has 0 atom stereocenters. The van der Waals surface area contributed by atoms with Gasteiger partial charge in [-0.2, -0.15) is 0 Å². The van der Waals surface area contributed by atoms with E-state index in [1.807, 2.05) is 0 Å². The zero-order valence-electron chi connectivity index (χ0n) is 26.8. The van der Waals surface area contributed by atoms with Crippen molar-refractivity contribution in [3.05, 3.63) is 210 Å². The number of benzene rings is 8. The predicted octanol–water partition coefficient (Wildman–Crippen LogP) is 12.2. The topological polar surface area (TPSA) is 12.9 Å². The third-order valence-corrected chi connectivity index (χ3v) is 10.5. The lowest BCUT2D eigenvalue weighted by Gasteiger charge is -2.34. The van der Waals surface area contributed by atoms with Crippen LogP contribution in [-0.4, -0.2) is 4.98 Å². The molecule has 0 bridgehead atoms. The van der Waals surface area contributed by atoms with Gasteiger partial charge in [0.05, 0.1) is 16.4 Å². The van der Waals surface area contributed by atoms with Crippen LogP contribution in [0.1, 0.15) is 22.3 Å². The number of fused-ring (bicyclic) bond motifs is 7. The number of hydrogen-bond donors (Lipinski definition) is 0.